The number of hydrogen-bond donors (Lipinski definition) is 7. The summed E-state index contributed by atoms with van der Waals surface area (Å²) in [6, 6.07) is 1.96. The van der Waals surface area contributed by atoms with Crippen molar-refractivity contribution >= 4 is 23.7 Å². The second-order valence-electron chi connectivity index (χ2n) is 8.62. The van der Waals surface area contributed by atoms with Crippen LogP contribution in [0.3, 0.4) is 0 Å². The van der Waals surface area contributed by atoms with Gasteiger partial charge in [0.1, 0.15) is 23.9 Å². The van der Waals surface area contributed by atoms with Gasteiger partial charge in [0.15, 0.2) is 0 Å². The van der Waals surface area contributed by atoms with Gasteiger partial charge in [0.25, 0.3) is 0 Å². The molecule has 0 fully saturated rings. The summed E-state index contributed by atoms with van der Waals surface area (Å²) in [5.41, 5.74) is 12.0. The summed E-state index contributed by atoms with van der Waals surface area (Å²) in [6.45, 7) is 5.43. The molecule has 0 radical (unpaired) electrons. The van der Waals surface area contributed by atoms with E-state index in [1.54, 1.807) is 26.0 Å². The molecule has 0 saturated heterocycles. The number of carboxylic acid groups (broad SMARTS) is 1. The lowest BCUT2D eigenvalue weighted by molar-refractivity contribution is -0.142. The van der Waals surface area contributed by atoms with Crippen LogP contribution in [-0.4, -0.2) is 64.6 Å². The van der Waals surface area contributed by atoms with Gasteiger partial charge in [-0.1, -0.05) is 26.0 Å². The molecule has 9 N–H and O–H groups in total. The van der Waals surface area contributed by atoms with Gasteiger partial charge in [0.05, 0.1) is 6.04 Å². The molecule has 190 valence electrons. The van der Waals surface area contributed by atoms with Gasteiger partial charge < -0.3 is 37.6 Å². The van der Waals surface area contributed by atoms with Crippen LogP contribution in [0.5, 0.6) is 5.75 Å². The standard InChI is InChI=1S/C23H37N5O6/c1-13(2)19(25)22(32)27-17(6-4-5-11-24)21(31)26-14(3)20(30)28-18(23(33)34)12-15-7-9-16(29)10-8-15/h7-10,13-14,17-19,29H,4-6,11-12,24-25H2,1-3H3,(H,26,31)(H,27,32)(H,28,30)(H,33,34). The highest BCUT2D eigenvalue weighted by atomic mass is 16.4. The quantitative estimate of drug-likeness (QED) is 0.175. The highest BCUT2D eigenvalue weighted by molar-refractivity contribution is 5.94. The van der Waals surface area contributed by atoms with Crippen LogP contribution in [0.15, 0.2) is 24.3 Å². The number of aliphatic carboxylic acids is 1. The first-order chi connectivity index (χ1) is 16.0. The molecule has 0 aliphatic rings. The van der Waals surface area contributed by atoms with E-state index < -0.39 is 47.9 Å². The molecule has 0 aromatic heterocycles. The number of phenolic OH excluding ortho intramolecular Hbond substituents is 1. The molecule has 1 aromatic carbocycles. The van der Waals surface area contributed by atoms with E-state index in [4.69, 9.17) is 11.5 Å². The maximum absolute atomic E-state index is 12.8. The zero-order valence-corrected chi connectivity index (χ0v) is 19.9. The number of carboxylic acids is 1. The van der Waals surface area contributed by atoms with Gasteiger partial charge in [-0.3, -0.25) is 14.4 Å². The minimum Gasteiger partial charge on any atom is -0.508 e. The fourth-order valence-corrected chi connectivity index (χ4v) is 3.08. The molecule has 11 nitrogen and oxygen atoms in total. The summed E-state index contributed by atoms with van der Waals surface area (Å²) >= 11 is 0. The first-order valence-corrected chi connectivity index (χ1v) is 11.3. The Bertz CT molecular complexity index is 830. The molecule has 1 rings (SSSR count). The third-order valence-corrected chi connectivity index (χ3v) is 5.34. The van der Waals surface area contributed by atoms with Crippen LogP contribution in [0, 0.1) is 5.92 Å². The Morgan fingerprint density at radius 3 is 2.00 bits per heavy atom. The van der Waals surface area contributed by atoms with E-state index in [1.807, 2.05) is 0 Å². The SMILES string of the molecule is CC(NC(=O)C(CCCCN)NC(=O)C(N)C(C)C)C(=O)NC(Cc1ccc(O)cc1)C(=O)O. The largest absolute Gasteiger partial charge is 0.508 e. The van der Waals surface area contributed by atoms with Crippen molar-refractivity contribution in [3.8, 4) is 5.75 Å². The Morgan fingerprint density at radius 2 is 1.47 bits per heavy atom. The van der Waals surface area contributed by atoms with Crippen LogP contribution in [0.4, 0.5) is 0 Å². The van der Waals surface area contributed by atoms with Gasteiger partial charge in [-0.15, -0.1) is 0 Å². The van der Waals surface area contributed by atoms with Crippen molar-refractivity contribution in [1.29, 1.82) is 0 Å². The van der Waals surface area contributed by atoms with Crippen molar-refractivity contribution < 1.29 is 29.4 Å². The summed E-state index contributed by atoms with van der Waals surface area (Å²) in [4.78, 5) is 49.4. The monoisotopic (exact) mass is 479 g/mol. The van der Waals surface area contributed by atoms with Crippen molar-refractivity contribution in [2.75, 3.05) is 6.54 Å². The van der Waals surface area contributed by atoms with Crippen molar-refractivity contribution in [3.63, 3.8) is 0 Å². The van der Waals surface area contributed by atoms with Crippen molar-refractivity contribution in [2.24, 2.45) is 17.4 Å². The molecule has 34 heavy (non-hydrogen) atoms. The minimum absolute atomic E-state index is 0.00706. The lowest BCUT2D eigenvalue weighted by atomic mass is 10.0. The predicted molar refractivity (Wildman–Crippen MR) is 127 cm³/mol. The van der Waals surface area contributed by atoms with Gasteiger partial charge in [-0.05, 0) is 56.3 Å². The summed E-state index contributed by atoms with van der Waals surface area (Å²) in [5, 5.41) is 26.4. The van der Waals surface area contributed by atoms with Gasteiger partial charge >= 0.3 is 5.97 Å². The van der Waals surface area contributed by atoms with Gasteiger partial charge in [-0.25, -0.2) is 4.79 Å². The lowest BCUT2D eigenvalue weighted by Gasteiger charge is -2.24. The maximum atomic E-state index is 12.8. The van der Waals surface area contributed by atoms with Crippen molar-refractivity contribution in [1.82, 2.24) is 16.0 Å². The van der Waals surface area contributed by atoms with Crippen LogP contribution >= 0.6 is 0 Å². The Balaban J connectivity index is 2.79. The number of aromatic hydroxyl groups is 1. The van der Waals surface area contributed by atoms with E-state index in [1.165, 1.54) is 19.1 Å². The van der Waals surface area contributed by atoms with Gasteiger partial charge in [-0.2, -0.15) is 0 Å². The van der Waals surface area contributed by atoms with E-state index in [0.29, 0.717) is 31.4 Å². The fourth-order valence-electron chi connectivity index (χ4n) is 3.08. The molecule has 4 atom stereocenters. The zero-order chi connectivity index (χ0) is 25.8. The highest BCUT2D eigenvalue weighted by Crippen LogP contribution is 2.12. The minimum atomic E-state index is -1.24. The molecule has 1 aromatic rings. The normalized spacial score (nSPS) is 14.5. The smallest absolute Gasteiger partial charge is 0.326 e. The van der Waals surface area contributed by atoms with Crippen LogP contribution < -0.4 is 27.4 Å². The number of benzene rings is 1. The topological polar surface area (TPSA) is 197 Å². The third-order valence-electron chi connectivity index (χ3n) is 5.34. The number of nitrogens with two attached hydrogens (primary N) is 2. The lowest BCUT2D eigenvalue weighted by Crippen LogP contribution is -2.57. The van der Waals surface area contributed by atoms with E-state index in [2.05, 4.69) is 16.0 Å². The van der Waals surface area contributed by atoms with Crippen LogP contribution in [0.25, 0.3) is 0 Å². The Morgan fingerprint density at radius 1 is 0.882 bits per heavy atom. The summed E-state index contributed by atoms with van der Waals surface area (Å²) in [5.74, 6) is -3.06. The Hall–Kier alpha value is -3.18. The molecular weight excluding hydrogens is 442 g/mol. The van der Waals surface area contributed by atoms with Crippen LogP contribution in [0.2, 0.25) is 0 Å². The van der Waals surface area contributed by atoms with Gasteiger partial charge in [0.2, 0.25) is 17.7 Å². The van der Waals surface area contributed by atoms with Gasteiger partial charge in [0, 0.05) is 6.42 Å². The number of unbranched alkanes of at least 4 members (excludes halogenated alkanes) is 1. The number of hydrogen-bond acceptors (Lipinski definition) is 7. The number of carbonyl (C=O) groups excluding carboxylic acids is 3. The Kier molecular flexibility index (Phi) is 12.0. The van der Waals surface area contributed by atoms with Crippen molar-refractivity contribution in [2.45, 2.75) is 70.6 Å². The molecular formula is C23H37N5O6. The summed E-state index contributed by atoms with van der Waals surface area (Å²) < 4.78 is 0. The van der Waals surface area contributed by atoms with Crippen LogP contribution in [-0.2, 0) is 25.6 Å². The molecule has 0 heterocycles. The molecule has 0 bridgehead atoms. The second-order valence-corrected chi connectivity index (χ2v) is 8.62. The molecule has 4 unspecified atom stereocenters. The molecule has 0 aliphatic heterocycles. The van der Waals surface area contributed by atoms with Crippen LogP contribution in [0.1, 0.15) is 45.6 Å². The molecule has 3 amide bonds. The first-order valence-electron chi connectivity index (χ1n) is 11.3. The second kappa shape index (κ2) is 14.2. The van der Waals surface area contributed by atoms with E-state index in [-0.39, 0.29) is 18.1 Å². The average molecular weight is 480 g/mol. The van der Waals surface area contributed by atoms with E-state index >= 15 is 0 Å². The summed E-state index contributed by atoms with van der Waals surface area (Å²) in [7, 11) is 0. The predicted octanol–water partition coefficient (Wildman–Crippen LogP) is -0.394. The molecule has 0 saturated carbocycles. The zero-order valence-electron chi connectivity index (χ0n) is 19.9. The number of rotatable bonds is 14. The summed E-state index contributed by atoms with van der Waals surface area (Å²) in [6.07, 6.45) is 1.54. The number of carbonyl (C=O) groups is 4. The average Bonchev–Trinajstić information content (AvgIpc) is 2.78. The Labute approximate surface area is 199 Å². The third kappa shape index (κ3) is 9.75. The van der Waals surface area contributed by atoms with E-state index in [9.17, 15) is 29.4 Å². The highest BCUT2D eigenvalue weighted by Gasteiger charge is 2.28. The molecule has 0 spiro atoms. The fraction of sp³-hybridized carbons (Fsp3) is 0.565. The first kappa shape index (κ1) is 28.9. The maximum Gasteiger partial charge on any atom is 0.326 e. The number of phenols is 1. The number of amides is 3. The molecule has 11 heteroatoms. The van der Waals surface area contributed by atoms with E-state index in [0.717, 1.165) is 0 Å². The molecule has 0 aliphatic carbocycles. The van der Waals surface area contributed by atoms with Crippen molar-refractivity contribution in [3.05, 3.63) is 29.8 Å². The number of nitrogens with one attached hydrogen (secondary N) is 3.